The van der Waals surface area contributed by atoms with Crippen molar-refractivity contribution < 1.29 is 4.79 Å². The van der Waals surface area contributed by atoms with E-state index in [-0.39, 0.29) is 12.4 Å². The molecule has 2 aliphatic heterocycles. The zero-order valence-electron chi connectivity index (χ0n) is 12.2. The van der Waals surface area contributed by atoms with Crippen molar-refractivity contribution in [3.05, 3.63) is 20.8 Å². The minimum Gasteiger partial charge on any atom is -0.341 e. The van der Waals surface area contributed by atoms with Gasteiger partial charge in [-0.15, -0.1) is 23.7 Å². The van der Waals surface area contributed by atoms with E-state index in [0.29, 0.717) is 23.9 Å². The predicted molar refractivity (Wildman–Crippen MR) is 93.0 cm³/mol. The highest BCUT2D eigenvalue weighted by Gasteiger charge is 2.34. The first kappa shape index (κ1) is 17.3. The lowest BCUT2D eigenvalue weighted by atomic mass is 9.89. The van der Waals surface area contributed by atoms with Gasteiger partial charge in [-0.05, 0) is 64.5 Å². The maximum atomic E-state index is 12.4. The van der Waals surface area contributed by atoms with Crippen molar-refractivity contribution in [3.8, 4) is 0 Å². The minimum atomic E-state index is 0. The fraction of sp³-hybridized carbons (Fsp3) is 0.667. The number of piperidine rings is 1. The number of halogens is 2. The van der Waals surface area contributed by atoms with Gasteiger partial charge in [0.15, 0.2) is 0 Å². The molecule has 6 heteroatoms. The smallest absolute Gasteiger partial charge is 0.222 e. The zero-order valence-corrected chi connectivity index (χ0v) is 15.4. The second-order valence-corrected chi connectivity index (χ2v) is 8.48. The Morgan fingerprint density at radius 2 is 2.10 bits per heavy atom. The number of nitrogens with zero attached hydrogens (tertiary/aromatic N) is 1. The van der Waals surface area contributed by atoms with E-state index in [0.717, 1.165) is 16.8 Å². The van der Waals surface area contributed by atoms with Crippen LogP contribution in [0.2, 0.25) is 0 Å². The fourth-order valence-electron chi connectivity index (χ4n) is 3.54. The molecule has 0 aromatic carbocycles. The van der Waals surface area contributed by atoms with Gasteiger partial charge in [-0.1, -0.05) is 0 Å². The molecular weight excluding hydrogens is 372 g/mol. The van der Waals surface area contributed by atoms with Crippen LogP contribution in [0.1, 0.15) is 37.7 Å². The lowest BCUT2D eigenvalue weighted by Gasteiger charge is -2.29. The minimum absolute atomic E-state index is 0. The van der Waals surface area contributed by atoms with Crippen molar-refractivity contribution >= 4 is 45.6 Å². The van der Waals surface area contributed by atoms with E-state index in [4.69, 9.17) is 0 Å². The van der Waals surface area contributed by atoms with Crippen molar-refractivity contribution in [2.24, 2.45) is 5.92 Å². The summed E-state index contributed by atoms with van der Waals surface area (Å²) in [5, 5.41) is 5.75. The molecule has 1 amide bonds. The summed E-state index contributed by atoms with van der Waals surface area (Å²) < 4.78 is 1.13. The third-order valence-electron chi connectivity index (χ3n) is 4.50. The molecule has 2 fully saturated rings. The van der Waals surface area contributed by atoms with Crippen LogP contribution < -0.4 is 5.32 Å². The zero-order chi connectivity index (χ0) is 14.1. The number of fused-ring (bicyclic) bond motifs is 2. The number of hydrogen-bond donors (Lipinski definition) is 1. The fourth-order valence-corrected chi connectivity index (χ4v) is 4.74. The summed E-state index contributed by atoms with van der Waals surface area (Å²) in [6.07, 6.45) is 5.68. The van der Waals surface area contributed by atoms with Crippen LogP contribution in [0.5, 0.6) is 0 Å². The van der Waals surface area contributed by atoms with Gasteiger partial charge in [0.25, 0.3) is 0 Å². The first-order valence-electron chi connectivity index (χ1n) is 7.33. The van der Waals surface area contributed by atoms with Gasteiger partial charge in [-0.3, -0.25) is 4.79 Å². The molecule has 0 radical (unpaired) electrons. The van der Waals surface area contributed by atoms with E-state index in [1.54, 1.807) is 11.3 Å². The summed E-state index contributed by atoms with van der Waals surface area (Å²) in [5.74, 6) is 0.872. The van der Waals surface area contributed by atoms with Gasteiger partial charge in [-0.2, -0.15) is 0 Å². The SMILES string of the molecule is CN(Cc1csc(Br)c1)C(=O)CC1CC2CCC(C1)N2.Cl. The average Bonchev–Trinajstić information content (AvgIpc) is 2.95. The van der Waals surface area contributed by atoms with E-state index in [1.807, 2.05) is 11.9 Å². The van der Waals surface area contributed by atoms with Crippen LogP contribution >= 0.6 is 39.7 Å². The van der Waals surface area contributed by atoms with Crippen molar-refractivity contribution in [1.82, 2.24) is 10.2 Å². The maximum absolute atomic E-state index is 12.4. The highest BCUT2D eigenvalue weighted by atomic mass is 79.9. The van der Waals surface area contributed by atoms with Gasteiger partial charge in [0.1, 0.15) is 0 Å². The summed E-state index contributed by atoms with van der Waals surface area (Å²) in [4.78, 5) is 14.2. The molecule has 2 unspecified atom stereocenters. The van der Waals surface area contributed by atoms with E-state index in [2.05, 4.69) is 32.7 Å². The summed E-state index contributed by atoms with van der Waals surface area (Å²) in [7, 11) is 1.92. The monoisotopic (exact) mass is 392 g/mol. The van der Waals surface area contributed by atoms with Gasteiger partial charge >= 0.3 is 0 Å². The summed E-state index contributed by atoms with van der Waals surface area (Å²) in [6.45, 7) is 0.721. The lowest BCUT2D eigenvalue weighted by Crippen LogP contribution is -2.39. The molecule has 2 bridgehead atoms. The van der Waals surface area contributed by atoms with Gasteiger partial charge in [0, 0.05) is 32.1 Å². The molecule has 3 nitrogen and oxygen atoms in total. The van der Waals surface area contributed by atoms with Gasteiger partial charge < -0.3 is 10.2 Å². The van der Waals surface area contributed by atoms with Crippen LogP contribution in [0.4, 0.5) is 0 Å². The molecule has 0 aliphatic carbocycles. The molecule has 0 saturated carbocycles. The Kier molecular flexibility index (Phi) is 6.12. The summed E-state index contributed by atoms with van der Waals surface area (Å²) >= 11 is 5.14. The van der Waals surface area contributed by atoms with Crippen molar-refractivity contribution in [2.45, 2.75) is 50.7 Å². The molecule has 2 atom stereocenters. The molecule has 2 aliphatic rings. The molecule has 0 spiro atoms. The van der Waals surface area contributed by atoms with Crippen LogP contribution in [0, 0.1) is 5.92 Å². The summed E-state index contributed by atoms with van der Waals surface area (Å²) in [5.41, 5.74) is 1.21. The van der Waals surface area contributed by atoms with Crippen LogP contribution in [-0.2, 0) is 11.3 Å². The quantitative estimate of drug-likeness (QED) is 0.843. The van der Waals surface area contributed by atoms with Crippen LogP contribution in [0.25, 0.3) is 0 Å². The van der Waals surface area contributed by atoms with Crippen LogP contribution in [-0.4, -0.2) is 29.9 Å². The number of rotatable bonds is 4. The molecule has 118 valence electrons. The van der Waals surface area contributed by atoms with E-state index in [1.165, 1.54) is 31.2 Å². The number of carbonyl (C=O) groups excluding carboxylic acids is 1. The third-order valence-corrected chi connectivity index (χ3v) is 6.05. The van der Waals surface area contributed by atoms with Crippen molar-refractivity contribution in [3.63, 3.8) is 0 Å². The Hall–Kier alpha value is -0.100. The van der Waals surface area contributed by atoms with E-state index >= 15 is 0 Å². The molecule has 21 heavy (non-hydrogen) atoms. The highest BCUT2D eigenvalue weighted by molar-refractivity contribution is 9.11. The summed E-state index contributed by atoms with van der Waals surface area (Å²) in [6, 6.07) is 3.44. The van der Waals surface area contributed by atoms with Gasteiger partial charge in [-0.25, -0.2) is 0 Å². The second-order valence-electron chi connectivity index (χ2n) is 6.19. The number of nitrogens with one attached hydrogen (secondary N) is 1. The number of thiophene rings is 1. The third kappa shape index (κ3) is 4.44. The van der Waals surface area contributed by atoms with Crippen LogP contribution in [0.3, 0.4) is 0 Å². The number of hydrogen-bond acceptors (Lipinski definition) is 3. The standard InChI is InChI=1S/C15H21BrN2OS.ClH/c1-18(8-11-6-14(16)20-9-11)15(19)7-10-4-12-2-3-13(5-10)17-12;/h6,9-10,12-13,17H,2-5,7-8H2,1H3;1H. The number of amides is 1. The van der Waals surface area contributed by atoms with Gasteiger partial charge in [0.2, 0.25) is 5.91 Å². The average molecular weight is 394 g/mol. The molecular formula is C15H22BrClN2OS. The maximum Gasteiger partial charge on any atom is 0.222 e. The van der Waals surface area contributed by atoms with Crippen molar-refractivity contribution in [2.75, 3.05) is 7.05 Å². The molecule has 3 heterocycles. The Balaban J connectivity index is 0.00000161. The van der Waals surface area contributed by atoms with Gasteiger partial charge in [0.05, 0.1) is 3.79 Å². The Labute approximate surface area is 145 Å². The highest BCUT2D eigenvalue weighted by Crippen LogP contribution is 2.33. The van der Waals surface area contributed by atoms with Crippen molar-refractivity contribution in [1.29, 1.82) is 0 Å². The molecule has 1 aromatic rings. The predicted octanol–water partition coefficient (Wildman–Crippen LogP) is 3.81. The molecule has 1 aromatic heterocycles. The molecule has 3 rings (SSSR count). The van der Waals surface area contributed by atoms with E-state index in [9.17, 15) is 4.79 Å². The topological polar surface area (TPSA) is 32.3 Å². The number of carbonyl (C=O) groups is 1. The first-order chi connectivity index (χ1) is 9.60. The first-order valence-corrected chi connectivity index (χ1v) is 9.00. The normalized spacial score (nSPS) is 27.2. The lowest BCUT2D eigenvalue weighted by molar-refractivity contribution is -0.131. The Morgan fingerprint density at radius 1 is 1.43 bits per heavy atom. The molecule has 1 N–H and O–H groups in total. The Morgan fingerprint density at radius 3 is 2.67 bits per heavy atom. The Bertz CT molecular complexity index is 484. The second kappa shape index (κ2) is 7.44. The largest absolute Gasteiger partial charge is 0.341 e. The van der Waals surface area contributed by atoms with E-state index < -0.39 is 0 Å². The van der Waals surface area contributed by atoms with Crippen LogP contribution in [0.15, 0.2) is 15.2 Å². The molecule has 2 saturated heterocycles.